The lowest BCUT2D eigenvalue weighted by atomic mass is 10.2. The van der Waals surface area contributed by atoms with E-state index >= 15 is 0 Å². The van der Waals surface area contributed by atoms with Crippen LogP contribution in [0.25, 0.3) is 5.78 Å². The van der Waals surface area contributed by atoms with Gasteiger partial charge in [0.1, 0.15) is 0 Å². The first-order valence-electron chi connectivity index (χ1n) is 7.00. The van der Waals surface area contributed by atoms with Gasteiger partial charge in [0.25, 0.3) is 0 Å². The summed E-state index contributed by atoms with van der Waals surface area (Å²) in [6.07, 6.45) is 5.37. The van der Waals surface area contributed by atoms with E-state index in [4.69, 9.17) is 4.74 Å². The lowest BCUT2D eigenvalue weighted by Gasteiger charge is -2.09. The number of hydrogen-bond acceptors (Lipinski definition) is 7. The van der Waals surface area contributed by atoms with Crippen LogP contribution in [0.2, 0.25) is 0 Å². The summed E-state index contributed by atoms with van der Waals surface area (Å²) in [5.41, 5.74) is 1.32. The normalized spacial score (nSPS) is 10.7. The molecule has 1 aromatic carbocycles. The summed E-state index contributed by atoms with van der Waals surface area (Å²) in [7, 11) is 0. The number of ether oxygens (including phenoxy) is 1. The van der Waals surface area contributed by atoms with Crippen molar-refractivity contribution >= 4 is 35.1 Å². The first kappa shape index (κ1) is 15.3. The lowest BCUT2D eigenvalue weighted by Crippen LogP contribution is -2.06. The molecule has 0 aliphatic carbocycles. The summed E-state index contributed by atoms with van der Waals surface area (Å²) in [5, 5.41) is 3.85. The van der Waals surface area contributed by atoms with Crippen molar-refractivity contribution in [2.45, 2.75) is 12.1 Å². The highest BCUT2D eigenvalue weighted by molar-refractivity contribution is 7.98. The molecule has 0 spiro atoms. The average molecular weight is 329 g/mol. The van der Waals surface area contributed by atoms with E-state index in [2.05, 4.69) is 20.3 Å². The summed E-state index contributed by atoms with van der Waals surface area (Å²) < 4.78 is 6.73. The van der Waals surface area contributed by atoms with Gasteiger partial charge in [0.15, 0.2) is 5.16 Å². The van der Waals surface area contributed by atoms with Gasteiger partial charge in [0.2, 0.25) is 11.7 Å². The fourth-order valence-electron chi connectivity index (χ4n) is 2.01. The Labute approximate surface area is 137 Å². The Morgan fingerprint density at radius 3 is 2.78 bits per heavy atom. The van der Waals surface area contributed by atoms with E-state index in [1.165, 1.54) is 11.8 Å². The van der Waals surface area contributed by atoms with Gasteiger partial charge in [-0.3, -0.25) is 4.40 Å². The second kappa shape index (κ2) is 6.66. The van der Waals surface area contributed by atoms with Gasteiger partial charge in [-0.2, -0.15) is 9.97 Å². The molecule has 0 unspecified atom stereocenters. The number of nitrogens with zero attached hydrogens (tertiary/aromatic N) is 4. The number of rotatable bonds is 5. The van der Waals surface area contributed by atoms with Crippen LogP contribution in [0.15, 0.2) is 41.8 Å². The number of aromatic nitrogens is 4. The van der Waals surface area contributed by atoms with E-state index in [-0.39, 0.29) is 5.97 Å². The predicted octanol–water partition coefficient (Wildman–Crippen LogP) is 2.77. The van der Waals surface area contributed by atoms with Crippen LogP contribution in [0.1, 0.15) is 17.3 Å². The Kier molecular flexibility index (Phi) is 4.42. The van der Waals surface area contributed by atoms with Crippen LogP contribution >= 0.6 is 11.8 Å². The van der Waals surface area contributed by atoms with E-state index in [1.807, 2.05) is 6.26 Å². The molecule has 2 heterocycles. The van der Waals surface area contributed by atoms with Crippen LogP contribution in [0.3, 0.4) is 0 Å². The molecule has 23 heavy (non-hydrogen) atoms. The van der Waals surface area contributed by atoms with Crippen molar-refractivity contribution in [1.29, 1.82) is 0 Å². The number of esters is 1. The van der Waals surface area contributed by atoms with Gasteiger partial charge in [-0.05, 0) is 37.4 Å². The minimum Gasteiger partial charge on any atom is -0.462 e. The number of anilines is 2. The van der Waals surface area contributed by atoms with Crippen molar-refractivity contribution in [1.82, 2.24) is 19.4 Å². The van der Waals surface area contributed by atoms with Crippen LogP contribution in [0.4, 0.5) is 11.6 Å². The third-order valence-electron chi connectivity index (χ3n) is 3.08. The number of carbonyl (C=O) groups is 1. The number of benzene rings is 1. The minimum atomic E-state index is -0.331. The van der Waals surface area contributed by atoms with Gasteiger partial charge >= 0.3 is 5.97 Å². The topological polar surface area (TPSA) is 81.4 Å². The third-order valence-corrected chi connectivity index (χ3v) is 3.63. The summed E-state index contributed by atoms with van der Waals surface area (Å²) >= 11 is 1.45. The molecule has 2 aromatic heterocycles. The number of hydrogen-bond donors (Lipinski definition) is 1. The molecule has 0 amide bonds. The van der Waals surface area contributed by atoms with Crippen LogP contribution in [-0.2, 0) is 4.74 Å². The van der Waals surface area contributed by atoms with Crippen molar-refractivity contribution < 1.29 is 9.53 Å². The summed E-state index contributed by atoms with van der Waals surface area (Å²) in [6.45, 7) is 2.14. The number of thioether (sulfide) groups is 1. The minimum absolute atomic E-state index is 0.331. The van der Waals surface area contributed by atoms with Crippen LogP contribution in [-0.4, -0.2) is 38.2 Å². The molecule has 8 heteroatoms. The third kappa shape index (κ3) is 3.26. The highest BCUT2D eigenvalue weighted by Crippen LogP contribution is 2.19. The number of imidazole rings is 1. The molecule has 0 atom stereocenters. The number of fused-ring (bicyclic) bond motifs is 1. The smallest absolute Gasteiger partial charge is 0.338 e. The Bertz CT molecular complexity index is 832. The van der Waals surface area contributed by atoms with Crippen molar-refractivity contribution in [3.05, 3.63) is 42.2 Å². The van der Waals surface area contributed by atoms with E-state index in [9.17, 15) is 4.79 Å². The quantitative estimate of drug-likeness (QED) is 0.569. The SMILES string of the molecule is CCOC(=O)c1ccc(Nc2nc(SC)nc3nccn23)cc1. The second-order valence-corrected chi connectivity index (χ2v) is 5.33. The standard InChI is InChI=1S/C15H15N5O2S/c1-3-22-12(21)10-4-6-11(7-5-10)17-14-19-15(23-2)18-13-16-8-9-20(13)14/h4-9H,3H2,1-2H3,(H,16,17,18,19). The van der Waals surface area contributed by atoms with Gasteiger partial charge in [0.05, 0.1) is 12.2 Å². The van der Waals surface area contributed by atoms with E-state index in [0.29, 0.717) is 29.1 Å². The molecule has 0 bridgehead atoms. The molecule has 0 saturated carbocycles. The maximum atomic E-state index is 11.7. The average Bonchev–Trinajstić information content (AvgIpc) is 3.04. The first-order valence-corrected chi connectivity index (χ1v) is 8.23. The molecule has 0 aliphatic heterocycles. The van der Waals surface area contributed by atoms with E-state index < -0.39 is 0 Å². The molecule has 0 aliphatic rings. The number of carbonyl (C=O) groups excluding carboxylic acids is 1. The van der Waals surface area contributed by atoms with Crippen LogP contribution in [0.5, 0.6) is 0 Å². The highest BCUT2D eigenvalue weighted by atomic mass is 32.2. The van der Waals surface area contributed by atoms with Crippen molar-refractivity contribution in [3.8, 4) is 0 Å². The molecule has 3 rings (SSSR count). The Morgan fingerprint density at radius 2 is 2.09 bits per heavy atom. The molecule has 3 aromatic rings. The van der Waals surface area contributed by atoms with Crippen molar-refractivity contribution in [3.63, 3.8) is 0 Å². The van der Waals surface area contributed by atoms with Crippen LogP contribution < -0.4 is 5.32 Å². The summed E-state index contributed by atoms with van der Waals surface area (Å²) in [5.74, 6) is 0.860. The molecule has 0 fully saturated rings. The van der Waals surface area contributed by atoms with Crippen molar-refractivity contribution in [2.75, 3.05) is 18.2 Å². The molecular weight excluding hydrogens is 314 g/mol. The predicted molar refractivity (Wildman–Crippen MR) is 88.2 cm³/mol. The zero-order valence-corrected chi connectivity index (χ0v) is 13.5. The zero-order chi connectivity index (χ0) is 16.2. The fourth-order valence-corrected chi connectivity index (χ4v) is 2.36. The Hall–Kier alpha value is -2.61. The van der Waals surface area contributed by atoms with Crippen LogP contribution in [0, 0.1) is 0 Å². The molecule has 1 N–H and O–H groups in total. The molecule has 7 nitrogen and oxygen atoms in total. The van der Waals surface area contributed by atoms with Crippen molar-refractivity contribution in [2.24, 2.45) is 0 Å². The van der Waals surface area contributed by atoms with Gasteiger partial charge in [-0.25, -0.2) is 9.78 Å². The summed E-state index contributed by atoms with van der Waals surface area (Å²) in [6, 6.07) is 7.02. The molecule has 118 valence electrons. The fraction of sp³-hybridized carbons (Fsp3) is 0.200. The largest absolute Gasteiger partial charge is 0.462 e. The molecular formula is C15H15N5O2S. The monoisotopic (exact) mass is 329 g/mol. The van der Waals surface area contributed by atoms with Gasteiger partial charge in [-0.1, -0.05) is 11.8 Å². The van der Waals surface area contributed by atoms with Gasteiger partial charge in [-0.15, -0.1) is 0 Å². The van der Waals surface area contributed by atoms with E-state index in [0.717, 1.165) is 5.69 Å². The second-order valence-electron chi connectivity index (χ2n) is 4.55. The first-order chi connectivity index (χ1) is 11.2. The maximum absolute atomic E-state index is 11.7. The highest BCUT2D eigenvalue weighted by Gasteiger charge is 2.09. The molecule has 0 saturated heterocycles. The zero-order valence-electron chi connectivity index (χ0n) is 12.7. The van der Waals surface area contributed by atoms with Gasteiger partial charge in [0, 0.05) is 18.1 Å². The number of nitrogens with one attached hydrogen (secondary N) is 1. The Balaban J connectivity index is 1.87. The lowest BCUT2D eigenvalue weighted by molar-refractivity contribution is 0.0526. The maximum Gasteiger partial charge on any atom is 0.338 e. The Morgan fingerprint density at radius 1 is 1.30 bits per heavy atom. The summed E-state index contributed by atoms with van der Waals surface area (Å²) in [4.78, 5) is 24.6. The van der Waals surface area contributed by atoms with Gasteiger partial charge < -0.3 is 10.1 Å². The molecule has 0 radical (unpaired) electrons. The van der Waals surface area contributed by atoms with E-state index in [1.54, 1.807) is 48.0 Å².